The molecule has 3 aromatic heterocycles. The van der Waals surface area contributed by atoms with E-state index in [1.165, 1.54) is 4.68 Å². The molecular weight excluding hydrogens is 504 g/mol. The van der Waals surface area contributed by atoms with E-state index in [0.717, 1.165) is 16.8 Å². The molecule has 0 aliphatic carbocycles. The molecule has 0 radical (unpaired) electrons. The van der Waals surface area contributed by atoms with Gasteiger partial charge in [0.05, 0.1) is 23.5 Å². The monoisotopic (exact) mass is 530 g/mol. The zero-order valence-electron chi connectivity index (χ0n) is 21.5. The van der Waals surface area contributed by atoms with Crippen molar-refractivity contribution in [1.82, 2.24) is 30.4 Å². The predicted molar refractivity (Wildman–Crippen MR) is 149 cm³/mol. The highest BCUT2D eigenvalue weighted by molar-refractivity contribution is 6.38. The molecule has 0 spiro atoms. The lowest BCUT2D eigenvalue weighted by atomic mass is 10.0. The van der Waals surface area contributed by atoms with Crippen molar-refractivity contribution in [3.63, 3.8) is 0 Å². The normalized spacial score (nSPS) is 11.4. The first-order valence-corrected chi connectivity index (χ1v) is 12.7. The zero-order valence-corrected chi connectivity index (χ0v) is 21.5. The lowest BCUT2D eigenvalue weighted by Crippen LogP contribution is -2.48. The molecule has 2 N–H and O–H groups in total. The van der Waals surface area contributed by atoms with E-state index in [2.05, 4.69) is 25.7 Å². The molecule has 2 amide bonds. The average molecular weight is 531 g/mol. The van der Waals surface area contributed by atoms with E-state index in [-0.39, 0.29) is 18.5 Å². The summed E-state index contributed by atoms with van der Waals surface area (Å²) in [5.41, 5.74) is 3.27. The van der Waals surface area contributed by atoms with Crippen molar-refractivity contribution in [2.24, 2.45) is 0 Å². The van der Waals surface area contributed by atoms with Gasteiger partial charge in [0, 0.05) is 30.6 Å². The van der Waals surface area contributed by atoms with Crippen LogP contribution in [0.15, 0.2) is 116 Å². The van der Waals surface area contributed by atoms with Crippen molar-refractivity contribution in [3.05, 3.63) is 132 Å². The molecule has 0 bridgehead atoms. The Bertz CT molecular complexity index is 1600. The van der Waals surface area contributed by atoms with Gasteiger partial charge in [-0.25, -0.2) is 9.67 Å². The van der Waals surface area contributed by atoms with E-state index >= 15 is 0 Å². The third-order valence-electron chi connectivity index (χ3n) is 6.19. The van der Waals surface area contributed by atoms with Gasteiger partial charge in [-0.3, -0.25) is 19.4 Å². The Labute approximate surface area is 230 Å². The third-order valence-corrected chi connectivity index (χ3v) is 6.19. The van der Waals surface area contributed by atoms with Crippen LogP contribution in [-0.4, -0.2) is 43.4 Å². The SMILES string of the molecule is O=C(NCc1ccccn1)C(=O)C(Cc1ccccc1)NC(=O)c1cccnc1-n1ccc(-c2ccccc2)n1. The number of Topliss-reactive ketones (excluding diaryl/α,β-unsaturated/α-hetero) is 1. The molecule has 0 fully saturated rings. The Morgan fingerprint density at radius 3 is 2.25 bits per heavy atom. The van der Waals surface area contributed by atoms with Gasteiger partial charge in [-0.2, -0.15) is 5.10 Å². The minimum absolute atomic E-state index is 0.0905. The van der Waals surface area contributed by atoms with Gasteiger partial charge in [-0.15, -0.1) is 0 Å². The smallest absolute Gasteiger partial charge is 0.289 e. The highest BCUT2D eigenvalue weighted by atomic mass is 16.2. The molecule has 1 unspecified atom stereocenters. The van der Waals surface area contributed by atoms with Gasteiger partial charge in [0.2, 0.25) is 5.78 Å². The average Bonchev–Trinajstić information content (AvgIpc) is 3.51. The Balaban J connectivity index is 1.37. The maximum atomic E-state index is 13.5. The van der Waals surface area contributed by atoms with Crippen molar-refractivity contribution in [2.45, 2.75) is 19.0 Å². The number of nitrogens with zero attached hydrogens (tertiary/aromatic N) is 4. The molecule has 0 aliphatic rings. The molecule has 9 heteroatoms. The number of nitrogens with one attached hydrogen (secondary N) is 2. The molecule has 1 atom stereocenters. The van der Waals surface area contributed by atoms with E-state index in [1.54, 1.807) is 48.9 Å². The van der Waals surface area contributed by atoms with E-state index in [1.807, 2.05) is 66.7 Å². The molecule has 3 heterocycles. The summed E-state index contributed by atoms with van der Waals surface area (Å²) in [5.74, 6) is -1.82. The quantitative estimate of drug-likeness (QED) is 0.267. The zero-order chi connectivity index (χ0) is 27.7. The maximum Gasteiger partial charge on any atom is 0.289 e. The van der Waals surface area contributed by atoms with E-state index in [4.69, 9.17) is 0 Å². The Kier molecular flexibility index (Phi) is 8.12. The van der Waals surface area contributed by atoms with Crippen LogP contribution in [-0.2, 0) is 22.6 Å². The van der Waals surface area contributed by atoms with Crippen molar-refractivity contribution >= 4 is 17.6 Å². The topological polar surface area (TPSA) is 119 Å². The van der Waals surface area contributed by atoms with Crippen LogP contribution in [0.4, 0.5) is 0 Å². The van der Waals surface area contributed by atoms with Crippen LogP contribution in [0.25, 0.3) is 17.1 Å². The summed E-state index contributed by atoms with van der Waals surface area (Å²) in [6.45, 7) is 0.0905. The number of ketones is 1. The van der Waals surface area contributed by atoms with Gasteiger partial charge < -0.3 is 10.6 Å². The summed E-state index contributed by atoms with van der Waals surface area (Å²) in [4.78, 5) is 48.2. The minimum atomic E-state index is -1.11. The van der Waals surface area contributed by atoms with Gasteiger partial charge in [0.1, 0.15) is 6.04 Å². The first-order valence-electron chi connectivity index (χ1n) is 12.7. The molecule has 0 saturated heterocycles. The summed E-state index contributed by atoms with van der Waals surface area (Å²) in [7, 11) is 0. The van der Waals surface area contributed by atoms with Crippen LogP contribution in [0.2, 0.25) is 0 Å². The van der Waals surface area contributed by atoms with Gasteiger partial charge >= 0.3 is 0 Å². The molecule has 198 valence electrons. The molecule has 2 aromatic carbocycles. The fourth-order valence-electron chi connectivity index (χ4n) is 4.18. The van der Waals surface area contributed by atoms with Crippen molar-refractivity contribution < 1.29 is 14.4 Å². The number of carbonyl (C=O) groups excluding carboxylic acids is 3. The van der Waals surface area contributed by atoms with Crippen LogP contribution in [0.1, 0.15) is 21.6 Å². The minimum Gasteiger partial charge on any atom is -0.344 e. The fourth-order valence-corrected chi connectivity index (χ4v) is 4.18. The first-order chi connectivity index (χ1) is 19.6. The second-order valence-electron chi connectivity index (χ2n) is 8.97. The van der Waals surface area contributed by atoms with Gasteiger partial charge in [0.25, 0.3) is 11.8 Å². The summed E-state index contributed by atoms with van der Waals surface area (Å²) in [5, 5.41) is 9.96. The molecule has 5 aromatic rings. The molecule has 0 aliphatic heterocycles. The number of amides is 2. The number of hydrogen-bond donors (Lipinski definition) is 2. The Morgan fingerprint density at radius 2 is 1.50 bits per heavy atom. The number of rotatable bonds is 10. The second kappa shape index (κ2) is 12.4. The van der Waals surface area contributed by atoms with Gasteiger partial charge in [-0.1, -0.05) is 66.7 Å². The van der Waals surface area contributed by atoms with Crippen LogP contribution in [0, 0.1) is 0 Å². The number of aromatic nitrogens is 4. The van der Waals surface area contributed by atoms with Crippen molar-refractivity contribution in [1.29, 1.82) is 0 Å². The highest BCUT2D eigenvalue weighted by Gasteiger charge is 2.28. The lowest BCUT2D eigenvalue weighted by Gasteiger charge is -2.18. The van der Waals surface area contributed by atoms with E-state index < -0.39 is 23.6 Å². The lowest BCUT2D eigenvalue weighted by molar-refractivity contribution is -0.139. The largest absolute Gasteiger partial charge is 0.344 e. The summed E-state index contributed by atoms with van der Waals surface area (Å²) in [6, 6.07) is 28.1. The predicted octanol–water partition coefficient (Wildman–Crippen LogP) is 3.56. The second-order valence-corrected chi connectivity index (χ2v) is 8.97. The van der Waals surface area contributed by atoms with E-state index in [0.29, 0.717) is 11.5 Å². The molecule has 0 saturated carbocycles. The number of carbonyl (C=O) groups is 3. The molecule has 5 rings (SSSR count). The van der Waals surface area contributed by atoms with Gasteiger partial charge in [0.15, 0.2) is 5.82 Å². The van der Waals surface area contributed by atoms with Crippen LogP contribution in [0.3, 0.4) is 0 Å². The number of pyridine rings is 2. The summed E-state index contributed by atoms with van der Waals surface area (Å²) >= 11 is 0. The number of hydrogen-bond acceptors (Lipinski definition) is 6. The van der Waals surface area contributed by atoms with Crippen LogP contribution >= 0.6 is 0 Å². The van der Waals surface area contributed by atoms with E-state index in [9.17, 15) is 14.4 Å². The molecule has 40 heavy (non-hydrogen) atoms. The number of benzene rings is 2. The maximum absolute atomic E-state index is 13.5. The highest BCUT2D eigenvalue weighted by Crippen LogP contribution is 2.19. The first kappa shape index (κ1) is 26.2. The van der Waals surface area contributed by atoms with Crippen molar-refractivity contribution in [2.75, 3.05) is 0 Å². The van der Waals surface area contributed by atoms with Crippen LogP contribution < -0.4 is 10.6 Å². The third kappa shape index (κ3) is 6.33. The summed E-state index contributed by atoms with van der Waals surface area (Å²) in [6.07, 6.45) is 5.03. The van der Waals surface area contributed by atoms with Gasteiger partial charge in [-0.05, 0) is 35.9 Å². The van der Waals surface area contributed by atoms with Crippen molar-refractivity contribution in [3.8, 4) is 17.1 Å². The molecule has 9 nitrogen and oxygen atoms in total. The Hall–Kier alpha value is -5.44. The standard InChI is InChI=1S/C31H26N6O3/c38-28(31(40)34-21-24-14-7-8-17-32-24)27(20-22-10-3-1-4-11-22)35-30(39)25-15-9-18-33-29(25)37-19-16-26(36-37)23-12-5-2-6-13-23/h1-19,27H,20-21H2,(H,34,40)(H,35,39). The fraction of sp³-hybridized carbons (Fsp3) is 0.0968. The van der Waals surface area contributed by atoms with Crippen LogP contribution in [0.5, 0.6) is 0 Å². The Morgan fingerprint density at radius 1 is 0.775 bits per heavy atom. The molecular formula is C31H26N6O3. The summed E-state index contributed by atoms with van der Waals surface area (Å²) < 4.78 is 1.52.